The predicted molar refractivity (Wildman–Crippen MR) is 136 cm³/mol. The van der Waals surface area contributed by atoms with E-state index in [0.29, 0.717) is 24.7 Å². The first-order valence-corrected chi connectivity index (χ1v) is 14.2. The Morgan fingerprint density at radius 3 is 2.43 bits per heavy atom. The topological polar surface area (TPSA) is 105 Å². The SMILES string of the molecule is CC(C(=O)NC1CCCC1)N(Cc1ccccc1F)C(=O)CN(c1ccc2c(c1)OCCO2)S(C)(=O)=O. The lowest BCUT2D eigenvalue weighted by molar-refractivity contribution is -0.139. The lowest BCUT2D eigenvalue weighted by Gasteiger charge is -2.32. The summed E-state index contributed by atoms with van der Waals surface area (Å²) in [6.07, 6.45) is 4.78. The standard InChI is InChI=1S/C26H32FN3O6S/c1-18(26(32)28-20-8-4-5-9-20)29(16-19-7-3-6-10-22(19)27)25(31)17-30(37(2,33)34)21-11-12-23-24(15-21)36-14-13-35-23/h3,6-7,10-12,15,18,20H,4-5,8-9,13-14,16-17H2,1-2H3,(H,28,32). The van der Waals surface area contributed by atoms with Gasteiger partial charge in [-0.15, -0.1) is 0 Å². The molecule has 200 valence electrons. The zero-order valence-electron chi connectivity index (χ0n) is 21.0. The number of rotatable bonds is 9. The lowest BCUT2D eigenvalue weighted by Crippen LogP contribution is -2.52. The number of fused-ring (bicyclic) bond motifs is 1. The monoisotopic (exact) mass is 533 g/mol. The van der Waals surface area contributed by atoms with E-state index >= 15 is 0 Å². The van der Waals surface area contributed by atoms with Gasteiger partial charge in [0, 0.05) is 24.2 Å². The van der Waals surface area contributed by atoms with Gasteiger partial charge in [0.2, 0.25) is 21.8 Å². The van der Waals surface area contributed by atoms with Gasteiger partial charge in [-0.3, -0.25) is 13.9 Å². The summed E-state index contributed by atoms with van der Waals surface area (Å²) in [6, 6.07) is 9.68. The first-order chi connectivity index (χ1) is 17.6. The van der Waals surface area contributed by atoms with E-state index in [-0.39, 0.29) is 29.7 Å². The van der Waals surface area contributed by atoms with Crippen LogP contribution in [0.5, 0.6) is 11.5 Å². The molecule has 37 heavy (non-hydrogen) atoms. The fraction of sp³-hybridized carbons (Fsp3) is 0.462. The summed E-state index contributed by atoms with van der Waals surface area (Å²) >= 11 is 0. The van der Waals surface area contributed by atoms with Crippen LogP contribution in [0.4, 0.5) is 10.1 Å². The van der Waals surface area contributed by atoms with Gasteiger partial charge < -0.3 is 19.7 Å². The predicted octanol–water partition coefficient (Wildman–Crippen LogP) is 2.84. The Hall–Kier alpha value is -3.34. The molecule has 1 unspecified atom stereocenters. The molecule has 1 N–H and O–H groups in total. The zero-order chi connectivity index (χ0) is 26.6. The summed E-state index contributed by atoms with van der Waals surface area (Å²) in [6.45, 7) is 1.50. The van der Waals surface area contributed by atoms with Gasteiger partial charge in [-0.05, 0) is 38.0 Å². The first kappa shape index (κ1) is 26.7. The second-order valence-electron chi connectivity index (χ2n) is 9.38. The quantitative estimate of drug-likeness (QED) is 0.532. The van der Waals surface area contributed by atoms with Crippen molar-refractivity contribution in [3.05, 3.63) is 53.8 Å². The molecule has 2 aromatic carbocycles. The normalized spacial score (nSPS) is 16.2. The second kappa shape index (κ2) is 11.4. The number of nitrogens with zero attached hydrogens (tertiary/aromatic N) is 2. The Balaban J connectivity index is 1.61. The minimum atomic E-state index is -3.90. The van der Waals surface area contributed by atoms with E-state index in [4.69, 9.17) is 9.47 Å². The Bertz CT molecular complexity index is 1250. The van der Waals surface area contributed by atoms with Crippen molar-refractivity contribution in [2.45, 2.75) is 51.2 Å². The Morgan fingerprint density at radius 1 is 1.08 bits per heavy atom. The average Bonchev–Trinajstić information content (AvgIpc) is 3.38. The Labute approximate surface area is 216 Å². The van der Waals surface area contributed by atoms with Crippen LogP contribution in [0.15, 0.2) is 42.5 Å². The number of ether oxygens (including phenoxy) is 2. The van der Waals surface area contributed by atoms with Crippen LogP contribution in [-0.2, 0) is 26.2 Å². The summed E-state index contributed by atoms with van der Waals surface area (Å²) in [5, 5.41) is 2.97. The molecule has 9 nitrogen and oxygen atoms in total. The van der Waals surface area contributed by atoms with Crippen LogP contribution in [0.2, 0.25) is 0 Å². The van der Waals surface area contributed by atoms with Crippen molar-refractivity contribution in [3.8, 4) is 11.5 Å². The number of carbonyl (C=O) groups is 2. The molecule has 2 aromatic rings. The van der Waals surface area contributed by atoms with Crippen LogP contribution in [0.25, 0.3) is 0 Å². The van der Waals surface area contributed by atoms with Gasteiger partial charge in [0.15, 0.2) is 11.5 Å². The molecular weight excluding hydrogens is 501 g/mol. The number of sulfonamides is 1. The fourth-order valence-corrected chi connectivity index (χ4v) is 5.43. The van der Waals surface area contributed by atoms with Gasteiger partial charge in [0.1, 0.15) is 31.6 Å². The highest BCUT2D eigenvalue weighted by molar-refractivity contribution is 7.92. The molecule has 0 bridgehead atoms. The number of halogens is 1. The molecule has 1 heterocycles. The number of amides is 2. The summed E-state index contributed by atoms with van der Waals surface area (Å²) in [5.74, 6) is -0.666. The molecule has 1 fully saturated rings. The molecule has 1 aliphatic heterocycles. The van der Waals surface area contributed by atoms with Crippen molar-refractivity contribution in [2.24, 2.45) is 0 Å². The third kappa shape index (κ3) is 6.51. The van der Waals surface area contributed by atoms with E-state index in [1.54, 1.807) is 19.1 Å². The van der Waals surface area contributed by atoms with Crippen LogP contribution in [-0.4, -0.2) is 63.2 Å². The largest absolute Gasteiger partial charge is 0.486 e. The molecule has 0 aromatic heterocycles. The molecular formula is C26H32FN3O6S. The third-order valence-electron chi connectivity index (χ3n) is 6.66. The van der Waals surface area contributed by atoms with Crippen molar-refractivity contribution in [1.29, 1.82) is 0 Å². The number of benzene rings is 2. The van der Waals surface area contributed by atoms with Crippen LogP contribution in [0, 0.1) is 5.82 Å². The van der Waals surface area contributed by atoms with Crippen molar-refractivity contribution < 1.29 is 31.9 Å². The number of hydrogen-bond donors (Lipinski definition) is 1. The van der Waals surface area contributed by atoms with Gasteiger partial charge >= 0.3 is 0 Å². The minimum Gasteiger partial charge on any atom is -0.486 e. The first-order valence-electron chi connectivity index (χ1n) is 12.3. The molecule has 0 radical (unpaired) electrons. The Kier molecular flexibility index (Phi) is 8.21. The average molecular weight is 534 g/mol. The Morgan fingerprint density at radius 2 is 1.76 bits per heavy atom. The van der Waals surface area contributed by atoms with E-state index in [1.807, 2.05) is 0 Å². The van der Waals surface area contributed by atoms with Crippen molar-refractivity contribution in [2.75, 3.05) is 30.3 Å². The molecule has 1 saturated carbocycles. The molecule has 2 amide bonds. The highest BCUT2D eigenvalue weighted by Gasteiger charge is 2.32. The molecule has 2 aliphatic rings. The lowest BCUT2D eigenvalue weighted by atomic mass is 10.1. The van der Waals surface area contributed by atoms with Gasteiger partial charge in [-0.25, -0.2) is 12.8 Å². The fourth-order valence-electron chi connectivity index (χ4n) is 4.59. The number of carbonyl (C=O) groups excluding carboxylic acids is 2. The van der Waals surface area contributed by atoms with Gasteiger partial charge in [-0.2, -0.15) is 0 Å². The summed E-state index contributed by atoms with van der Waals surface area (Å²) in [5.41, 5.74) is 0.440. The minimum absolute atomic E-state index is 0.0330. The molecule has 0 spiro atoms. The van der Waals surface area contributed by atoms with E-state index in [9.17, 15) is 22.4 Å². The molecule has 4 rings (SSSR count). The molecule has 1 aliphatic carbocycles. The van der Waals surface area contributed by atoms with Gasteiger partial charge in [0.25, 0.3) is 0 Å². The summed E-state index contributed by atoms with van der Waals surface area (Å²) in [4.78, 5) is 27.9. The van der Waals surface area contributed by atoms with E-state index in [1.165, 1.54) is 35.2 Å². The smallest absolute Gasteiger partial charge is 0.244 e. The summed E-state index contributed by atoms with van der Waals surface area (Å²) < 4.78 is 52.0. The number of anilines is 1. The van der Waals surface area contributed by atoms with Crippen LogP contribution < -0.4 is 19.1 Å². The van der Waals surface area contributed by atoms with E-state index < -0.39 is 34.3 Å². The van der Waals surface area contributed by atoms with E-state index in [0.717, 1.165) is 36.2 Å². The van der Waals surface area contributed by atoms with Crippen LogP contribution in [0.3, 0.4) is 0 Å². The van der Waals surface area contributed by atoms with Crippen molar-refractivity contribution in [3.63, 3.8) is 0 Å². The highest BCUT2D eigenvalue weighted by atomic mass is 32.2. The maximum absolute atomic E-state index is 14.5. The maximum atomic E-state index is 14.5. The highest BCUT2D eigenvalue weighted by Crippen LogP contribution is 2.34. The summed E-state index contributed by atoms with van der Waals surface area (Å²) in [7, 11) is -3.90. The molecule has 11 heteroatoms. The second-order valence-corrected chi connectivity index (χ2v) is 11.3. The van der Waals surface area contributed by atoms with Crippen molar-refractivity contribution >= 4 is 27.5 Å². The third-order valence-corrected chi connectivity index (χ3v) is 7.80. The number of nitrogens with one attached hydrogen (secondary N) is 1. The van der Waals surface area contributed by atoms with Crippen LogP contribution in [0.1, 0.15) is 38.2 Å². The maximum Gasteiger partial charge on any atom is 0.244 e. The van der Waals surface area contributed by atoms with E-state index in [2.05, 4.69) is 5.32 Å². The zero-order valence-corrected chi connectivity index (χ0v) is 21.8. The number of hydrogen-bond acceptors (Lipinski definition) is 6. The molecule has 0 saturated heterocycles. The van der Waals surface area contributed by atoms with Crippen molar-refractivity contribution in [1.82, 2.24) is 10.2 Å². The van der Waals surface area contributed by atoms with Gasteiger partial charge in [-0.1, -0.05) is 31.0 Å². The van der Waals surface area contributed by atoms with Crippen LogP contribution >= 0.6 is 0 Å². The molecule has 1 atom stereocenters. The van der Waals surface area contributed by atoms with Gasteiger partial charge in [0.05, 0.1) is 11.9 Å².